The maximum atomic E-state index is 12.6. The third kappa shape index (κ3) is 3.66. The average molecular weight is 344 g/mol. The molecule has 0 bridgehead atoms. The molecule has 0 amide bonds. The summed E-state index contributed by atoms with van der Waals surface area (Å²) in [6, 6.07) is 8.79. The smallest absolute Gasteiger partial charge is 0.218 e. The lowest BCUT2D eigenvalue weighted by Crippen LogP contribution is -2.36. The lowest BCUT2D eigenvalue weighted by molar-refractivity contribution is 0.303. The molecule has 6 nitrogen and oxygen atoms in total. The molecular formula is C17H20N4O2S. The molecule has 0 spiro atoms. The van der Waals surface area contributed by atoms with E-state index in [1.165, 1.54) is 4.31 Å². The first-order valence-electron chi connectivity index (χ1n) is 7.91. The first-order valence-corrected chi connectivity index (χ1v) is 9.52. The molecule has 0 radical (unpaired) electrons. The van der Waals surface area contributed by atoms with E-state index in [0.717, 1.165) is 25.2 Å². The molecule has 1 aliphatic rings. The van der Waals surface area contributed by atoms with Gasteiger partial charge < -0.3 is 4.57 Å². The number of sulfonamides is 1. The van der Waals surface area contributed by atoms with Crippen LogP contribution >= 0.6 is 0 Å². The quantitative estimate of drug-likeness (QED) is 0.828. The van der Waals surface area contributed by atoms with Crippen molar-refractivity contribution in [1.82, 2.24) is 13.9 Å². The van der Waals surface area contributed by atoms with Crippen molar-refractivity contribution in [1.29, 1.82) is 5.26 Å². The minimum Gasteiger partial charge on any atom is -0.335 e. The third-order valence-corrected chi connectivity index (χ3v) is 6.23. The van der Waals surface area contributed by atoms with Gasteiger partial charge in [0.15, 0.2) is 0 Å². The molecule has 1 aliphatic heterocycles. The van der Waals surface area contributed by atoms with Gasteiger partial charge in [0.1, 0.15) is 5.82 Å². The molecule has 1 aromatic heterocycles. The SMILES string of the molecule is CN(C[C@H]1CCc2nccn2C1)S(=O)(=O)Cc1cccc(C#N)c1. The van der Waals surface area contributed by atoms with E-state index in [0.29, 0.717) is 17.7 Å². The van der Waals surface area contributed by atoms with Gasteiger partial charge in [-0.05, 0) is 30.0 Å². The fourth-order valence-electron chi connectivity index (χ4n) is 3.11. The second-order valence-electron chi connectivity index (χ2n) is 6.25. The number of nitrogens with zero attached hydrogens (tertiary/aromatic N) is 4. The summed E-state index contributed by atoms with van der Waals surface area (Å²) in [5.74, 6) is 1.28. The van der Waals surface area contributed by atoms with Crippen molar-refractivity contribution < 1.29 is 8.42 Å². The number of imidazole rings is 1. The topological polar surface area (TPSA) is 79.0 Å². The van der Waals surface area contributed by atoms with Crippen molar-refractivity contribution in [2.75, 3.05) is 13.6 Å². The van der Waals surface area contributed by atoms with Crippen molar-refractivity contribution in [3.63, 3.8) is 0 Å². The highest BCUT2D eigenvalue weighted by Crippen LogP contribution is 2.21. The van der Waals surface area contributed by atoms with E-state index in [1.807, 2.05) is 12.3 Å². The van der Waals surface area contributed by atoms with Crippen LogP contribution in [0.1, 0.15) is 23.4 Å². The molecule has 7 heteroatoms. The van der Waals surface area contributed by atoms with Crippen LogP contribution in [0.3, 0.4) is 0 Å². The fraction of sp³-hybridized carbons (Fsp3) is 0.412. The standard InChI is InChI=1S/C17H20N4O2S/c1-20(11-16-5-6-17-19-7-8-21(17)12-16)24(22,23)13-15-4-2-3-14(9-15)10-18/h2-4,7-9,16H,5-6,11-13H2,1H3/t16-/m1/s1. The average Bonchev–Trinajstić information content (AvgIpc) is 3.02. The van der Waals surface area contributed by atoms with Crippen LogP contribution in [-0.4, -0.2) is 35.9 Å². The van der Waals surface area contributed by atoms with Gasteiger partial charge in [-0.25, -0.2) is 17.7 Å². The van der Waals surface area contributed by atoms with Gasteiger partial charge in [-0.15, -0.1) is 0 Å². The Morgan fingerprint density at radius 2 is 2.29 bits per heavy atom. The van der Waals surface area contributed by atoms with Gasteiger partial charge in [0.25, 0.3) is 0 Å². The molecule has 1 atom stereocenters. The molecule has 3 rings (SSSR count). The number of rotatable bonds is 5. The van der Waals surface area contributed by atoms with Gasteiger partial charge in [-0.3, -0.25) is 0 Å². The lowest BCUT2D eigenvalue weighted by Gasteiger charge is -2.27. The van der Waals surface area contributed by atoms with Crippen LogP contribution in [0.2, 0.25) is 0 Å². The highest BCUT2D eigenvalue weighted by atomic mass is 32.2. The molecule has 2 heterocycles. The van der Waals surface area contributed by atoms with Crippen LogP contribution in [0.15, 0.2) is 36.7 Å². The van der Waals surface area contributed by atoms with Crippen molar-refractivity contribution in [2.24, 2.45) is 5.92 Å². The van der Waals surface area contributed by atoms with E-state index in [4.69, 9.17) is 5.26 Å². The molecule has 2 aromatic rings. The van der Waals surface area contributed by atoms with Crippen LogP contribution < -0.4 is 0 Å². The molecule has 0 unspecified atom stereocenters. The van der Waals surface area contributed by atoms with Crippen LogP contribution in [0.4, 0.5) is 0 Å². The lowest BCUT2D eigenvalue weighted by atomic mass is 10.00. The number of hydrogen-bond acceptors (Lipinski definition) is 4. The predicted octanol–water partition coefficient (Wildman–Crippen LogP) is 1.78. The molecule has 1 aromatic carbocycles. The second-order valence-corrected chi connectivity index (χ2v) is 8.33. The molecule has 0 N–H and O–H groups in total. The molecule has 0 saturated heterocycles. The molecule has 24 heavy (non-hydrogen) atoms. The fourth-order valence-corrected chi connectivity index (χ4v) is 4.37. The molecule has 0 fully saturated rings. The van der Waals surface area contributed by atoms with E-state index in [-0.39, 0.29) is 11.7 Å². The maximum Gasteiger partial charge on any atom is 0.218 e. The van der Waals surface area contributed by atoms with Crippen LogP contribution in [-0.2, 0) is 28.7 Å². The Hall–Kier alpha value is -2.17. The summed E-state index contributed by atoms with van der Waals surface area (Å²) >= 11 is 0. The molecule has 0 aliphatic carbocycles. The van der Waals surface area contributed by atoms with Gasteiger partial charge in [0, 0.05) is 39.0 Å². The minimum atomic E-state index is -3.40. The summed E-state index contributed by atoms with van der Waals surface area (Å²) in [5, 5.41) is 8.93. The zero-order valence-corrected chi connectivity index (χ0v) is 14.4. The Kier molecular flexibility index (Phi) is 4.69. The second kappa shape index (κ2) is 6.75. The van der Waals surface area contributed by atoms with Crippen LogP contribution in [0.25, 0.3) is 0 Å². The highest BCUT2D eigenvalue weighted by Gasteiger charge is 2.25. The number of aryl methyl sites for hydroxylation is 1. The summed E-state index contributed by atoms with van der Waals surface area (Å²) in [6.07, 6.45) is 5.57. The monoisotopic (exact) mass is 344 g/mol. The van der Waals surface area contributed by atoms with Gasteiger partial charge in [-0.1, -0.05) is 12.1 Å². The van der Waals surface area contributed by atoms with Gasteiger partial charge in [0.2, 0.25) is 10.0 Å². The Morgan fingerprint density at radius 3 is 3.08 bits per heavy atom. The molecule has 0 saturated carbocycles. The Bertz CT molecular complexity index is 867. The maximum absolute atomic E-state index is 12.6. The predicted molar refractivity (Wildman–Crippen MR) is 90.4 cm³/mol. The highest BCUT2D eigenvalue weighted by molar-refractivity contribution is 7.88. The zero-order chi connectivity index (χ0) is 17.2. The summed E-state index contributed by atoms with van der Waals surface area (Å²) in [7, 11) is -1.77. The van der Waals surface area contributed by atoms with Crippen LogP contribution in [0.5, 0.6) is 0 Å². The van der Waals surface area contributed by atoms with Gasteiger partial charge in [0.05, 0.1) is 17.4 Å². The normalized spacial score (nSPS) is 17.5. The molecular weight excluding hydrogens is 324 g/mol. The number of hydrogen-bond donors (Lipinski definition) is 0. The first kappa shape index (κ1) is 16.7. The molecule has 126 valence electrons. The first-order chi connectivity index (χ1) is 11.5. The summed E-state index contributed by atoms with van der Waals surface area (Å²) in [5.41, 5.74) is 1.12. The largest absolute Gasteiger partial charge is 0.335 e. The van der Waals surface area contributed by atoms with E-state index in [2.05, 4.69) is 9.55 Å². The third-order valence-electron chi connectivity index (χ3n) is 4.43. The number of fused-ring (bicyclic) bond motifs is 1. The van der Waals surface area contributed by atoms with Crippen molar-refractivity contribution in [3.05, 3.63) is 53.6 Å². The summed E-state index contributed by atoms with van der Waals surface area (Å²) in [4.78, 5) is 4.30. The van der Waals surface area contributed by atoms with E-state index in [1.54, 1.807) is 37.5 Å². The van der Waals surface area contributed by atoms with Crippen LogP contribution in [0, 0.1) is 17.2 Å². The van der Waals surface area contributed by atoms with Gasteiger partial charge >= 0.3 is 0 Å². The number of benzene rings is 1. The Labute approximate surface area is 142 Å². The number of nitriles is 1. The summed E-state index contributed by atoms with van der Waals surface area (Å²) < 4.78 is 28.7. The van der Waals surface area contributed by atoms with Crippen molar-refractivity contribution in [3.8, 4) is 6.07 Å². The Morgan fingerprint density at radius 1 is 1.46 bits per heavy atom. The van der Waals surface area contributed by atoms with E-state index in [9.17, 15) is 8.42 Å². The van der Waals surface area contributed by atoms with Crippen molar-refractivity contribution in [2.45, 2.75) is 25.1 Å². The van der Waals surface area contributed by atoms with E-state index >= 15 is 0 Å². The van der Waals surface area contributed by atoms with Crippen molar-refractivity contribution >= 4 is 10.0 Å². The van der Waals surface area contributed by atoms with E-state index < -0.39 is 10.0 Å². The summed E-state index contributed by atoms with van der Waals surface area (Å²) in [6.45, 7) is 1.30. The minimum absolute atomic E-state index is 0.0813. The van der Waals surface area contributed by atoms with Gasteiger partial charge in [-0.2, -0.15) is 5.26 Å². The zero-order valence-electron chi connectivity index (χ0n) is 13.6. The number of aromatic nitrogens is 2. The Balaban J connectivity index is 1.65.